The Bertz CT molecular complexity index is 1310. The van der Waals surface area contributed by atoms with E-state index >= 15 is 0 Å². The number of urea groups is 1. The standard InChI is InChI=1S/C21H21ClN8O3S/c22-18-14-12-24-26-15(14)1-2-16(18)25-20-28-27-19(34-20)13-3-4-23-17(11-13)30(5-8-31)21(32)29-6-9-33-10-7-29/h1-4,11-12,31H,5-10H2,(H,24,26)(H,25,28). The number of carbonyl (C=O) groups is 1. The Kier molecular flexibility index (Phi) is 6.54. The molecule has 1 aliphatic rings. The molecule has 1 fully saturated rings. The molecule has 0 aliphatic carbocycles. The Balaban J connectivity index is 1.37. The third-order valence-corrected chi connectivity index (χ3v) is 6.63. The van der Waals surface area contributed by atoms with Crippen LogP contribution in [0, 0.1) is 0 Å². The lowest BCUT2D eigenvalue weighted by molar-refractivity contribution is 0.0546. The van der Waals surface area contributed by atoms with Crippen LogP contribution in [0.4, 0.5) is 21.4 Å². The van der Waals surface area contributed by atoms with E-state index in [1.165, 1.54) is 16.2 Å². The van der Waals surface area contributed by atoms with Crippen LogP contribution in [0.1, 0.15) is 0 Å². The van der Waals surface area contributed by atoms with Crippen LogP contribution < -0.4 is 10.2 Å². The van der Waals surface area contributed by atoms with E-state index in [-0.39, 0.29) is 19.2 Å². The van der Waals surface area contributed by atoms with Gasteiger partial charge in [0, 0.05) is 30.2 Å². The van der Waals surface area contributed by atoms with Gasteiger partial charge in [0.2, 0.25) is 5.13 Å². The Morgan fingerprint density at radius 3 is 2.97 bits per heavy atom. The van der Waals surface area contributed by atoms with E-state index in [0.717, 1.165) is 16.5 Å². The van der Waals surface area contributed by atoms with Crippen LogP contribution in [0.15, 0.2) is 36.7 Å². The Labute approximate surface area is 203 Å². The maximum absolute atomic E-state index is 13.0. The van der Waals surface area contributed by atoms with Gasteiger partial charge in [-0.3, -0.25) is 10.00 Å². The lowest BCUT2D eigenvalue weighted by atomic mass is 10.2. The SMILES string of the molecule is O=C(N1CCOCC1)N(CCO)c1cc(-c2nnc(Nc3ccc4[nH]ncc4c3Cl)s2)ccn1. The molecule has 3 N–H and O–H groups in total. The highest BCUT2D eigenvalue weighted by atomic mass is 35.5. The zero-order valence-electron chi connectivity index (χ0n) is 17.9. The molecular formula is C21H21ClN8O3S. The second kappa shape index (κ2) is 9.89. The monoisotopic (exact) mass is 500 g/mol. The van der Waals surface area contributed by atoms with Gasteiger partial charge in [-0.1, -0.05) is 22.9 Å². The molecule has 3 aromatic heterocycles. The van der Waals surface area contributed by atoms with Gasteiger partial charge in [0.15, 0.2) is 0 Å². The van der Waals surface area contributed by atoms with Gasteiger partial charge in [-0.15, -0.1) is 10.2 Å². The Morgan fingerprint density at radius 2 is 2.15 bits per heavy atom. The van der Waals surface area contributed by atoms with Crippen molar-refractivity contribution < 1.29 is 14.6 Å². The Hall–Kier alpha value is -3.32. The number of aliphatic hydroxyl groups excluding tert-OH is 1. The molecular weight excluding hydrogens is 480 g/mol. The summed E-state index contributed by atoms with van der Waals surface area (Å²) >= 11 is 7.84. The van der Waals surface area contributed by atoms with Crippen molar-refractivity contribution in [2.45, 2.75) is 0 Å². The number of pyridine rings is 1. The number of aromatic amines is 1. The molecule has 0 atom stereocenters. The number of nitrogens with zero attached hydrogens (tertiary/aromatic N) is 6. The maximum Gasteiger partial charge on any atom is 0.325 e. The number of nitrogens with one attached hydrogen (secondary N) is 2. The minimum absolute atomic E-state index is 0.130. The predicted molar refractivity (Wildman–Crippen MR) is 130 cm³/mol. The van der Waals surface area contributed by atoms with Crippen molar-refractivity contribution in [1.29, 1.82) is 0 Å². The van der Waals surface area contributed by atoms with Gasteiger partial charge in [-0.05, 0) is 24.3 Å². The molecule has 34 heavy (non-hydrogen) atoms. The third-order valence-electron chi connectivity index (χ3n) is 5.33. The smallest absolute Gasteiger partial charge is 0.325 e. The summed E-state index contributed by atoms with van der Waals surface area (Å²) in [5, 5.41) is 30.7. The van der Waals surface area contributed by atoms with Crippen LogP contribution in [0.3, 0.4) is 0 Å². The molecule has 1 aliphatic heterocycles. The molecule has 4 aromatic rings. The highest BCUT2D eigenvalue weighted by Gasteiger charge is 2.25. The number of fused-ring (bicyclic) bond motifs is 1. The van der Waals surface area contributed by atoms with E-state index in [4.69, 9.17) is 16.3 Å². The van der Waals surface area contributed by atoms with Crippen molar-refractivity contribution in [3.05, 3.63) is 41.7 Å². The summed E-state index contributed by atoms with van der Waals surface area (Å²) in [6, 6.07) is 7.08. The van der Waals surface area contributed by atoms with E-state index < -0.39 is 0 Å². The van der Waals surface area contributed by atoms with Crippen LogP contribution in [-0.4, -0.2) is 80.9 Å². The number of halogens is 1. The van der Waals surface area contributed by atoms with Crippen LogP contribution in [0.5, 0.6) is 0 Å². The van der Waals surface area contributed by atoms with Gasteiger partial charge in [-0.2, -0.15) is 5.10 Å². The van der Waals surface area contributed by atoms with Gasteiger partial charge in [0.25, 0.3) is 0 Å². The average Bonchev–Trinajstić information content (AvgIpc) is 3.55. The first-order valence-corrected chi connectivity index (χ1v) is 11.8. The summed E-state index contributed by atoms with van der Waals surface area (Å²) in [5.74, 6) is 0.432. The van der Waals surface area contributed by atoms with Gasteiger partial charge in [-0.25, -0.2) is 9.78 Å². The number of benzene rings is 1. The minimum atomic E-state index is -0.217. The largest absolute Gasteiger partial charge is 0.395 e. The van der Waals surface area contributed by atoms with Crippen molar-refractivity contribution in [2.75, 3.05) is 49.7 Å². The number of anilines is 3. The summed E-state index contributed by atoms with van der Waals surface area (Å²) in [7, 11) is 0. The van der Waals surface area contributed by atoms with E-state index in [1.807, 2.05) is 12.1 Å². The van der Waals surface area contributed by atoms with Gasteiger partial charge >= 0.3 is 6.03 Å². The van der Waals surface area contributed by atoms with Crippen molar-refractivity contribution in [1.82, 2.24) is 30.3 Å². The first-order valence-electron chi connectivity index (χ1n) is 10.6. The van der Waals surface area contributed by atoms with Crippen molar-refractivity contribution in [2.24, 2.45) is 0 Å². The number of hydrogen-bond donors (Lipinski definition) is 3. The van der Waals surface area contributed by atoms with Crippen LogP contribution in [0.25, 0.3) is 21.5 Å². The second-order valence-corrected chi connectivity index (χ2v) is 8.81. The average molecular weight is 501 g/mol. The first kappa shape index (κ1) is 22.5. The molecule has 0 saturated carbocycles. The number of ether oxygens (including phenoxy) is 1. The lowest BCUT2D eigenvalue weighted by Gasteiger charge is -2.32. The van der Waals surface area contributed by atoms with E-state index in [9.17, 15) is 9.90 Å². The third kappa shape index (κ3) is 4.53. The van der Waals surface area contributed by atoms with Crippen molar-refractivity contribution in [3.8, 4) is 10.6 Å². The molecule has 11 nitrogen and oxygen atoms in total. The number of aromatic nitrogens is 5. The number of amides is 2. The summed E-state index contributed by atoms with van der Waals surface area (Å²) in [6.07, 6.45) is 3.28. The Morgan fingerprint density at radius 1 is 1.29 bits per heavy atom. The quantitative estimate of drug-likeness (QED) is 0.368. The zero-order valence-corrected chi connectivity index (χ0v) is 19.5. The fourth-order valence-corrected chi connectivity index (χ4v) is 4.63. The van der Waals surface area contributed by atoms with Crippen molar-refractivity contribution >= 4 is 56.5 Å². The molecule has 0 radical (unpaired) electrons. The van der Waals surface area contributed by atoms with Gasteiger partial charge in [0.1, 0.15) is 10.8 Å². The predicted octanol–water partition coefficient (Wildman–Crippen LogP) is 3.12. The molecule has 176 valence electrons. The summed E-state index contributed by atoms with van der Waals surface area (Å²) in [6.45, 7) is 1.92. The fraction of sp³-hybridized carbons (Fsp3) is 0.286. The number of rotatable bonds is 6. The highest BCUT2D eigenvalue weighted by molar-refractivity contribution is 7.18. The van der Waals surface area contributed by atoms with Crippen molar-refractivity contribution in [3.63, 3.8) is 0 Å². The molecule has 2 amide bonds. The van der Waals surface area contributed by atoms with Crippen LogP contribution in [-0.2, 0) is 4.74 Å². The molecule has 0 unspecified atom stereocenters. The topological polar surface area (TPSA) is 132 Å². The van der Waals surface area contributed by atoms with E-state index in [2.05, 4.69) is 30.7 Å². The number of carbonyl (C=O) groups excluding carboxylic acids is 1. The van der Waals surface area contributed by atoms with Gasteiger partial charge < -0.3 is 20.1 Å². The molecule has 1 saturated heterocycles. The second-order valence-electron chi connectivity index (χ2n) is 7.46. The number of H-pyrrole nitrogens is 1. The van der Waals surface area contributed by atoms with Crippen LogP contribution >= 0.6 is 22.9 Å². The number of morpholine rings is 1. The van der Waals surface area contributed by atoms with Crippen LogP contribution in [0.2, 0.25) is 5.02 Å². The lowest BCUT2D eigenvalue weighted by Crippen LogP contribution is -2.49. The van der Waals surface area contributed by atoms with Gasteiger partial charge in [0.05, 0.1) is 48.8 Å². The molecule has 4 heterocycles. The summed E-state index contributed by atoms with van der Waals surface area (Å²) in [4.78, 5) is 20.6. The highest BCUT2D eigenvalue weighted by Crippen LogP contribution is 2.34. The molecule has 13 heteroatoms. The number of aliphatic hydroxyl groups is 1. The molecule has 1 aromatic carbocycles. The normalized spacial score (nSPS) is 13.9. The van der Waals surface area contributed by atoms with E-state index in [1.54, 1.807) is 29.4 Å². The summed E-state index contributed by atoms with van der Waals surface area (Å²) < 4.78 is 5.33. The minimum Gasteiger partial charge on any atom is -0.395 e. The molecule has 0 spiro atoms. The molecule has 0 bridgehead atoms. The fourth-order valence-electron chi connectivity index (χ4n) is 3.62. The van der Waals surface area contributed by atoms with E-state index in [0.29, 0.717) is 53.0 Å². The summed E-state index contributed by atoms with van der Waals surface area (Å²) in [5.41, 5.74) is 2.29. The number of hydrogen-bond acceptors (Lipinski definition) is 9. The zero-order chi connectivity index (χ0) is 23.5. The first-order chi connectivity index (χ1) is 16.6. The maximum atomic E-state index is 13.0. The molecule has 5 rings (SSSR count).